The quantitative estimate of drug-likeness (QED) is 0.222. The maximum atomic E-state index is 12.7. The van der Waals surface area contributed by atoms with Crippen molar-refractivity contribution in [3.8, 4) is 0 Å². The van der Waals surface area contributed by atoms with Crippen molar-refractivity contribution in [1.82, 2.24) is 4.98 Å². The number of carbonyl (C=O) groups is 1. The van der Waals surface area contributed by atoms with Crippen molar-refractivity contribution < 1.29 is 4.79 Å². The third kappa shape index (κ3) is 4.81. The van der Waals surface area contributed by atoms with Gasteiger partial charge < -0.3 is 21.7 Å². The summed E-state index contributed by atoms with van der Waals surface area (Å²) in [6, 6.07) is 32.4. The molecule has 0 aliphatic carbocycles. The number of fused-ring (bicyclic) bond motifs is 1. The van der Waals surface area contributed by atoms with Gasteiger partial charge in [0.25, 0.3) is 5.91 Å². The molecule has 1 aromatic heterocycles. The smallest absolute Gasteiger partial charge is 0.255 e. The molecule has 1 amide bonds. The van der Waals surface area contributed by atoms with Crippen LogP contribution in [0.3, 0.4) is 0 Å². The molecule has 0 atom stereocenters. The number of hydrogen-bond acceptors (Lipinski definition) is 5. The van der Waals surface area contributed by atoms with E-state index in [1.165, 1.54) is 0 Å². The van der Waals surface area contributed by atoms with E-state index in [0.29, 0.717) is 11.3 Å². The van der Waals surface area contributed by atoms with Crippen LogP contribution in [0.4, 0.5) is 34.1 Å². The van der Waals surface area contributed by atoms with Crippen LogP contribution in [0.1, 0.15) is 10.4 Å². The highest BCUT2D eigenvalue weighted by atomic mass is 16.1. The van der Waals surface area contributed by atoms with Gasteiger partial charge in [-0.25, -0.2) is 0 Å². The van der Waals surface area contributed by atoms with Gasteiger partial charge >= 0.3 is 0 Å². The molecule has 0 unspecified atom stereocenters. The SMILES string of the molecule is Nc1ccc2nccc(Nc3ccc(C(=O)Nc4ccc(Nc5ccccc5)cc4)cc3)c2c1. The van der Waals surface area contributed by atoms with E-state index in [1.54, 1.807) is 18.3 Å². The zero-order chi connectivity index (χ0) is 23.3. The van der Waals surface area contributed by atoms with E-state index in [0.717, 1.165) is 39.3 Å². The van der Waals surface area contributed by atoms with Gasteiger partial charge in [-0.1, -0.05) is 18.2 Å². The monoisotopic (exact) mass is 445 g/mol. The lowest BCUT2D eigenvalue weighted by molar-refractivity contribution is 0.102. The second kappa shape index (κ2) is 9.34. The maximum absolute atomic E-state index is 12.7. The molecule has 4 aromatic carbocycles. The van der Waals surface area contributed by atoms with Gasteiger partial charge in [0.05, 0.1) is 5.52 Å². The van der Waals surface area contributed by atoms with Crippen molar-refractivity contribution in [2.24, 2.45) is 0 Å². The molecular weight excluding hydrogens is 422 g/mol. The number of rotatable bonds is 6. The van der Waals surface area contributed by atoms with Gasteiger partial charge in [-0.3, -0.25) is 9.78 Å². The molecule has 0 bridgehead atoms. The molecule has 0 radical (unpaired) electrons. The van der Waals surface area contributed by atoms with Crippen molar-refractivity contribution in [3.05, 3.63) is 115 Å². The summed E-state index contributed by atoms with van der Waals surface area (Å²) in [4.78, 5) is 17.1. The molecule has 0 spiro atoms. The first-order chi connectivity index (χ1) is 16.6. The molecule has 6 nitrogen and oxygen atoms in total. The van der Waals surface area contributed by atoms with Crippen molar-refractivity contribution in [1.29, 1.82) is 0 Å². The lowest BCUT2D eigenvalue weighted by Crippen LogP contribution is -2.11. The van der Waals surface area contributed by atoms with Crippen LogP contribution in [0.25, 0.3) is 10.9 Å². The number of carbonyl (C=O) groups excluding carboxylic acids is 1. The van der Waals surface area contributed by atoms with Gasteiger partial charge in [-0.2, -0.15) is 0 Å². The van der Waals surface area contributed by atoms with Crippen molar-refractivity contribution in [2.75, 3.05) is 21.7 Å². The lowest BCUT2D eigenvalue weighted by Gasteiger charge is -2.11. The van der Waals surface area contributed by atoms with Crippen LogP contribution in [0.5, 0.6) is 0 Å². The summed E-state index contributed by atoms with van der Waals surface area (Å²) in [6.45, 7) is 0. The lowest BCUT2D eigenvalue weighted by atomic mass is 10.1. The highest BCUT2D eigenvalue weighted by Gasteiger charge is 2.08. The number of nitrogens with one attached hydrogen (secondary N) is 3. The maximum Gasteiger partial charge on any atom is 0.255 e. The summed E-state index contributed by atoms with van der Waals surface area (Å²) >= 11 is 0. The molecular formula is C28H23N5O. The second-order valence-corrected chi connectivity index (χ2v) is 7.86. The minimum absolute atomic E-state index is 0.169. The average Bonchev–Trinajstić information content (AvgIpc) is 2.87. The number of nitrogens with two attached hydrogens (primary N) is 1. The van der Waals surface area contributed by atoms with Crippen LogP contribution < -0.4 is 21.7 Å². The Morgan fingerprint density at radius 3 is 2.09 bits per heavy atom. The average molecular weight is 446 g/mol. The molecule has 1 heterocycles. The number of nitrogens with zero attached hydrogens (tertiary/aromatic N) is 1. The number of hydrogen-bond donors (Lipinski definition) is 4. The highest BCUT2D eigenvalue weighted by Crippen LogP contribution is 2.27. The summed E-state index contributed by atoms with van der Waals surface area (Å²) in [5.41, 5.74) is 12.5. The van der Waals surface area contributed by atoms with Crippen molar-refractivity contribution in [3.63, 3.8) is 0 Å². The summed E-state index contributed by atoms with van der Waals surface area (Å²) in [5.74, 6) is -0.169. The molecule has 5 aromatic rings. The Hall–Kier alpha value is -4.84. The fraction of sp³-hybridized carbons (Fsp3) is 0. The minimum atomic E-state index is -0.169. The number of benzene rings is 4. The van der Waals surface area contributed by atoms with Crippen LogP contribution >= 0.6 is 0 Å². The molecule has 5 N–H and O–H groups in total. The van der Waals surface area contributed by atoms with E-state index in [4.69, 9.17) is 5.73 Å². The Kier molecular flexibility index (Phi) is 5.78. The Labute approximate surface area is 197 Å². The Balaban J connectivity index is 1.24. The molecule has 0 saturated heterocycles. The number of amides is 1. The van der Waals surface area contributed by atoms with Crippen LogP contribution in [0, 0.1) is 0 Å². The third-order valence-corrected chi connectivity index (χ3v) is 5.40. The fourth-order valence-corrected chi connectivity index (χ4v) is 3.66. The van der Waals surface area contributed by atoms with E-state index in [1.807, 2.05) is 91.0 Å². The first kappa shape index (κ1) is 21.0. The highest BCUT2D eigenvalue weighted by molar-refractivity contribution is 6.04. The molecule has 6 heteroatoms. The first-order valence-electron chi connectivity index (χ1n) is 10.9. The standard InChI is InChI=1S/C28H23N5O/c29-20-8-15-26-25(18-20)27(16-17-30-26)32-23-9-6-19(7-10-23)28(34)33-24-13-11-22(12-14-24)31-21-4-2-1-3-5-21/h1-18,31H,29H2,(H,30,32)(H,33,34). The van der Waals surface area contributed by atoms with E-state index in [2.05, 4.69) is 20.9 Å². The van der Waals surface area contributed by atoms with Crippen molar-refractivity contribution in [2.45, 2.75) is 0 Å². The van der Waals surface area contributed by atoms with E-state index in [9.17, 15) is 4.79 Å². The van der Waals surface area contributed by atoms with Crippen LogP contribution in [0.2, 0.25) is 0 Å². The molecule has 166 valence electrons. The number of anilines is 6. The molecule has 34 heavy (non-hydrogen) atoms. The largest absolute Gasteiger partial charge is 0.399 e. The zero-order valence-corrected chi connectivity index (χ0v) is 18.3. The second-order valence-electron chi connectivity index (χ2n) is 7.86. The molecule has 0 aliphatic heterocycles. The number of pyridine rings is 1. The van der Waals surface area contributed by atoms with Crippen LogP contribution in [-0.4, -0.2) is 10.9 Å². The predicted octanol–water partition coefficient (Wildman–Crippen LogP) is 6.56. The predicted molar refractivity (Wildman–Crippen MR) is 140 cm³/mol. The summed E-state index contributed by atoms with van der Waals surface area (Å²) in [5, 5.41) is 10.6. The van der Waals surface area contributed by atoms with Gasteiger partial charge in [-0.05, 0) is 84.9 Å². The molecule has 0 fully saturated rings. The topological polar surface area (TPSA) is 92.1 Å². The minimum Gasteiger partial charge on any atom is -0.399 e. The van der Waals surface area contributed by atoms with Gasteiger partial charge in [0.1, 0.15) is 0 Å². The molecule has 0 saturated carbocycles. The van der Waals surface area contributed by atoms with E-state index >= 15 is 0 Å². The van der Waals surface area contributed by atoms with Crippen LogP contribution in [0.15, 0.2) is 109 Å². The Morgan fingerprint density at radius 1 is 0.676 bits per heavy atom. The number of nitrogen functional groups attached to an aromatic ring is 1. The third-order valence-electron chi connectivity index (χ3n) is 5.40. The van der Waals surface area contributed by atoms with E-state index in [-0.39, 0.29) is 5.91 Å². The van der Waals surface area contributed by atoms with Crippen LogP contribution in [-0.2, 0) is 0 Å². The normalized spacial score (nSPS) is 10.6. The summed E-state index contributed by atoms with van der Waals surface area (Å²) < 4.78 is 0. The van der Waals surface area contributed by atoms with Gasteiger partial charge in [0, 0.05) is 51.3 Å². The summed E-state index contributed by atoms with van der Waals surface area (Å²) in [7, 11) is 0. The molecule has 5 rings (SSSR count). The number of para-hydroxylation sites is 1. The van der Waals surface area contributed by atoms with Gasteiger partial charge in [0.15, 0.2) is 0 Å². The zero-order valence-electron chi connectivity index (χ0n) is 18.3. The molecule has 0 aliphatic rings. The van der Waals surface area contributed by atoms with Gasteiger partial charge in [0.2, 0.25) is 0 Å². The Bertz CT molecular complexity index is 1430. The van der Waals surface area contributed by atoms with Crippen molar-refractivity contribution >= 4 is 50.9 Å². The first-order valence-corrected chi connectivity index (χ1v) is 10.9. The van der Waals surface area contributed by atoms with Gasteiger partial charge in [-0.15, -0.1) is 0 Å². The van der Waals surface area contributed by atoms with E-state index < -0.39 is 0 Å². The summed E-state index contributed by atoms with van der Waals surface area (Å²) in [6.07, 6.45) is 1.75. The number of aromatic nitrogens is 1. The Morgan fingerprint density at radius 2 is 1.32 bits per heavy atom. The fourth-order valence-electron chi connectivity index (χ4n) is 3.66.